The predicted molar refractivity (Wildman–Crippen MR) is 64.7 cm³/mol. The maximum absolute atomic E-state index is 5.46. The van der Waals surface area contributed by atoms with Crippen molar-refractivity contribution in [1.82, 2.24) is 4.98 Å². The van der Waals surface area contributed by atoms with Crippen LogP contribution in [-0.2, 0) is 0 Å². The first kappa shape index (κ1) is 10.9. The van der Waals surface area contributed by atoms with E-state index < -0.39 is 0 Å². The van der Waals surface area contributed by atoms with Gasteiger partial charge in [0, 0.05) is 11.0 Å². The number of halogens is 1. The molecule has 1 fully saturated rings. The van der Waals surface area contributed by atoms with Crippen LogP contribution in [0, 0.1) is 0 Å². The van der Waals surface area contributed by atoms with Crippen LogP contribution >= 0.6 is 15.9 Å². The molecule has 0 amide bonds. The lowest BCUT2D eigenvalue weighted by molar-refractivity contribution is 0.338. The molecule has 0 aromatic carbocycles. The maximum Gasteiger partial charge on any atom is 0.137 e. The summed E-state index contributed by atoms with van der Waals surface area (Å²) in [5.41, 5.74) is 1.32. The van der Waals surface area contributed by atoms with Gasteiger partial charge >= 0.3 is 0 Å². The number of ether oxygens (including phenoxy) is 1. The second-order valence-corrected chi connectivity index (χ2v) is 5.29. The first-order valence-electron chi connectivity index (χ1n) is 5.51. The molecule has 15 heavy (non-hydrogen) atoms. The van der Waals surface area contributed by atoms with E-state index in [4.69, 9.17) is 4.74 Å². The quantitative estimate of drug-likeness (QED) is 0.784. The zero-order valence-corrected chi connectivity index (χ0v) is 10.5. The zero-order valence-electron chi connectivity index (χ0n) is 8.95. The van der Waals surface area contributed by atoms with E-state index in [2.05, 4.69) is 27.0 Å². The predicted octanol–water partition coefficient (Wildman–Crippen LogP) is 3.51. The molecule has 0 bridgehead atoms. The molecule has 2 rings (SSSR count). The molecule has 1 aliphatic rings. The molecule has 0 spiro atoms. The van der Waals surface area contributed by atoms with E-state index in [1.54, 1.807) is 6.20 Å². The molecule has 1 saturated carbocycles. The van der Waals surface area contributed by atoms with Crippen LogP contribution in [0.25, 0.3) is 0 Å². The average molecular weight is 270 g/mol. The lowest BCUT2D eigenvalue weighted by atomic mass is 10.00. The molecule has 1 heterocycles. The van der Waals surface area contributed by atoms with Gasteiger partial charge in [-0.1, -0.05) is 15.9 Å². The molecule has 0 radical (unpaired) electrons. The number of pyridine rings is 1. The molecule has 82 valence electrons. The number of aromatic nitrogens is 1. The molecule has 1 aromatic heterocycles. The van der Waals surface area contributed by atoms with Gasteiger partial charge in [0.2, 0.25) is 0 Å². The standard InChI is InChI=1S/C12H16BrNO/c1-2-15-12-6-10(7-14-8-12)9-3-4-11(13)5-9/h6-9,11H,2-5H2,1H3. The van der Waals surface area contributed by atoms with E-state index in [9.17, 15) is 0 Å². The second-order valence-electron chi connectivity index (χ2n) is 3.99. The van der Waals surface area contributed by atoms with Crippen molar-refractivity contribution in [3.05, 3.63) is 24.0 Å². The summed E-state index contributed by atoms with van der Waals surface area (Å²) in [6.07, 6.45) is 7.50. The summed E-state index contributed by atoms with van der Waals surface area (Å²) in [5.74, 6) is 1.55. The van der Waals surface area contributed by atoms with Gasteiger partial charge in [0.05, 0.1) is 12.8 Å². The summed E-state index contributed by atoms with van der Waals surface area (Å²) in [6.45, 7) is 2.70. The Kier molecular flexibility index (Phi) is 3.62. The summed E-state index contributed by atoms with van der Waals surface area (Å²) in [6, 6.07) is 2.13. The van der Waals surface area contributed by atoms with Gasteiger partial charge in [-0.25, -0.2) is 0 Å². The first-order chi connectivity index (χ1) is 7.29. The van der Waals surface area contributed by atoms with E-state index in [-0.39, 0.29) is 0 Å². The van der Waals surface area contributed by atoms with Gasteiger partial charge in [-0.3, -0.25) is 4.98 Å². The number of alkyl halides is 1. The van der Waals surface area contributed by atoms with Crippen LogP contribution in [0.15, 0.2) is 18.5 Å². The van der Waals surface area contributed by atoms with Crippen LogP contribution in [0.1, 0.15) is 37.7 Å². The van der Waals surface area contributed by atoms with Gasteiger partial charge in [0.1, 0.15) is 5.75 Å². The molecule has 1 aliphatic carbocycles. The van der Waals surface area contributed by atoms with E-state index >= 15 is 0 Å². The Balaban J connectivity index is 2.10. The zero-order chi connectivity index (χ0) is 10.7. The van der Waals surface area contributed by atoms with Crippen molar-refractivity contribution < 1.29 is 4.74 Å². The molecular weight excluding hydrogens is 254 g/mol. The summed E-state index contributed by atoms with van der Waals surface area (Å²) in [5, 5.41) is 0. The third-order valence-electron chi connectivity index (χ3n) is 2.89. The molecule has 2 nitrogen and oxygen atoms in total. The normalized spacial score (nSPS) is 25.5. The van der Waals surface area contributed by atoms with Crippen LogP contribution < -0.4 is 4.74 Å². The van der Waals surface area contributed by atoms with Crippen molar-refractivity contribution in [2.45, 2.75) is 36.9 Å². The fourth-order valence-electron chi connectivity index (χ4n) is 2.13. The Morgan fingerprint density at radius 1 is 1.47 bits per heavy atom. The number of nitrogens with zero attached hydrogens (tertiary/aromatic N) is 1. The molecule has 0 N–H and O–H groups in total. The second kappa shape index (κ2) is 4.97. The summed E-state index contributed by atoms with van der Waals surface area (Å²) < 4.78 is 5.46. The lowest BCUT2D eigenvalue weighted by Crippen LogP contribution is -1.98. The highest BCUT2D eigenvalue weighted by Gasteiger charge is 2.24. The molecule has 2 atom stereocenters. The average Bonchev–Trinajstić information content (AvgIpc) is 2.66. The van der Waals surface area contributed by atoms with Crippen LogP contribution in [0.5, 0.6) is 5.75 Å². The van der Waals surface area contributed by atoms with E-state index in [1.807, 2.05) is 13.1 Å². The number of hydrogen-bond acceptors (Lipinski definition) is 2. The Morgan fingerprint density at radius 2 is 2.33 bits per heavy atom. The molecule has 0 saturated heterocycles. The van der Waals surface area contributed by atoms with Gasteiger partial charge in [0.15, 0.2) is 0 Å². The molecule has 3 heteroatoms. The Morgan fingerprint density at radius 3 is 3.00 bits per heavy atom. The Bertz CT molecular complexity index is 329. The highest BCUT2D eigenvalue weighted by Crippen LogP contribution is 2.38. The molecule has 0 aliphatic heterocycles. The smallest absolute Gasteiger partial charge is 0.137 e. The minimum atomic E-state index is 0.655. The fraction of sp³-hybridized carbons (Fsp3) is 0.583. The molecular formula is C12H16BrNO. The van der Waals surface area contributed by atoms with Crippen LogP contribution in [0.2, 0.25) is 0 Å². The van der Waals surface area contributed by atoms with Gasteiger partial charge < -0.3 is 4.74 Å². The summed E-state index contributed by atoms with van der Waals surface area (Å²) >= 11 is 3.67. The fourth-order valence-corrected chi connectivity index (χ4v) is 2.85. The van der Waals surface area contributed by atoms with Crippen LogP contribution in [-0.4, -0.2) is 16.4 Å². The largest absolute Gasteiger partial charge is 0.492 e. The van der Waals surface area contributed by atoms with Crippen molar-refractivity contribution >= 4 is 15.9 Å². The highest BCUT2D eigenvalue weighted by atomic mass is 79.9. The SMILES string of the molecule is CCOc1cncc(C2CCC(Br)C2)c1. The Labute approximate surface area is 99.2 Å². The summed E-state index contributed by atoms with van der Waals surface area (Å²) in [7, 11) is 0. The minimum absolute atomic E-state index is 0.655. The minimum Gasteiger partial charge on any atom is -0.492 e. The van der Waals surface area contributed by atoms with E-state index in [0.717, 1.165) is 5.75 Å². The highest BCUT2D eigenvalue weighted by molar-refractivity contribution is 9.09. The molecule has 2 unspecified atom stereocenters. The molecule has 1 aromatic rings. The van der Waals surface area contributed by atoms with Crippen molar-refractivity contribution in [3.8, 4) is 5.75 Å². The third kappa shape index (κ3) is 2.71. The van der Waals surface area contributed by atoms with Gasteiger partial charge in [0.25, 0.3) is 0 Å². The maximum atomic E-state index is 5.46. The third-order valence-corrected chi connectivity index (χ3v) is 3.72. The Hall–Kier alpha value is -0.570. The monoisotopic (exact) mass is 269 g/mol. The van der Waals surface area contributed by atoms with E-state index in [1.165, 1.54) is 24.8 Å². The lowest BCUT2D eigenvalue weighted by Gasteiger charge is -2.10. The van der Waals surface area contributed by atoms with Crippen molar-refractivity contribution in [2.75, 3.05) is 6.61 Å². The van der Waals surface area contributed by atoms with Gasteiger partial charge in [-0.2, -0.15) is 0 Å². The summed E-state index contributed by atoms with van der Waals surface area (Å²) in [4.78, 5) is 4.91. The van der Waals surface area contributed by atoms with Crippen molar-refractivity contribution in [2.24, 2.45) is 0 Å². The number of rotatable bonds is 3. The van der Waals surface area contributed by atoms with Crippen LogP contribution in [0.3, 0.4) is 0 Å². The van der Waals surface area contributed by atoms with E-state index in [0.29, 0.717) is 17.4 Å². The first-order valence-corrected chi connectivity index (χ1v) is 6.43. The van der Waals surface area contributed by atoms with Crippen molar-refractivity contribution in [1.29, 1.82) is 0 Å². The van der Waals surface area contributed by atoms with Crippen LogP contribution in [0.4, 0.5) is 0 Å². The number of hydrogen-bond donors (Lipinski definition) is 0. The van der Waals surface area contributed by atoms with Crippen molar-refractivity contribution in [3.63, 3.8) is 0 Å². The topological polar surface area (TPSA) is 22.1 Å². The van der Waals surface area contributed by atoms with Gasteiger partial charge in [-0.15, -0.1) is 0 Å². The van der Waals surface area contributed by atoms with Gasteiger partial charge in [-0.05, 0) is 43.7 Å².